The van der Waals surface area contributed by atoms with E-state index in [-0.39, 0.29) is 11.4 Å². The molecular formula is C39H66O2. The molecule has 8 atom stereocenters. The van der Waals surface area contributed by atoms with Crippen LogP contribution < -0.4 is 0 Å². The first-order valence-corrected chi connectivity index (χ1v) is 18.3. The van der Waals surface area contributed by atoms with E-state index >= 15 is 0 Å². The van der Waals surface area contributed by atoms with Crippen molar-refractivity contribution in [3.05, 3.63) is 11.8 Å². The van der Waals surface area contributed by atoms with E-state index in [4.69, 9.17) is 4.74 Å². The minimum atomic E-state index is 0.0479. The zero-order valence-electron chi connectivity index (χ0n) is 28.5. The molecule has 2 nitrogen and oxygen atoms in total. The lowest BCUT2D eigenvalue weighted by atomic mass is 9.42. The number of ether oxygens (including phenoxy) is 1. The standard InChI is InChI=1S/C39H66O2/c1-9-10-11-12-13-14-18-34(40)41-33-22-23-35(5,6)31-19-20-32-37(8)24-21-30(29(4)17-15-16-28(2)3)36(37,7)25-26-38(32)27-39(31,33)38/h22,28-32H,9-21,23-27H2,1-8H3/t29-,30-,31+,32+,36-,37+,38+,39-/m1/s1. The van der Waals surface area contributed by atoms with Crippen LogP contribution in [0.4, 0.5) is 0 Å². The Balaban J connectivity index is 1.33. The van der Waals surface area contributed by atoms with E-state index in [0.717, 1.165) is 48.7 Å². The van der Waals surface area contributed by atoms with Crippen LogP contribution in [0.25, 0.3) is 0 Å². The van der Waals surface area contributed by atoms with Gasteiger partial charge in [-0.25, -0.2) is 0 Å². The van der Waals surface area contributed by atoms with E-state index in [1.165, 1.54) is 89.9 Å². The van der Waals surface area contributed by atoms with Crippen molar-refractivity contribution in [2.24, 2.45) is 56.7 Å². The molecule has 0 N–H and O–H groups in total. The van der Waals surface area contributed by atoms with Gasteiger partial charge >= 0.3 is 5.97 Å². The second kappa shape index (κ2) is 11.6. The smallest absolute Gasteiger partial charge is 0.310 e. The first kappa shape index (κ1) is 31.6. The van der Waals surface area contributed by atoms with Crippen molar-refractivity contribution in [1.29, 1.82) is 0 Å². The highest BCUT2D eigenvalue weighted by molar-refractivity contribution is 5.71. The van der Waals surface area contributed by atoms with E-state index in [1.54, 1.807) is 0 Å². The zero-order valence-corrected chi connectivity index (χ0v) is 28.5. The molecule has 0 aromatic rings. The molecule has 0 unspecified atom stereocenters. The molecule has 5 aliphatic rings. The summed E-state index contributed by atoms with van der Waals surface area (Å²) in [6.45, 7) is 20.1. The number of carbonyl (C=O) groups is 1. The van der Waals surface area contributed by atoms with E-state index in [2.05, 4.69) is 61.5 Å². The fourth-order valence-electron chi connectivity index (χ4n) is 12.2. The normalized spacial score (nSPS) is 41.1. The molecular weight excluding hydrogens is 500 g/mol. The maximum atomic E-state index is 13.2. The second-order valence-corrected chi connectivity index (χ2v) is 17.5. The molecule has 5 rings (SSSR count). The number of rotatable bonds is 13. The van der Waals surface area contributed by atoms with Crippen molar-refractivity contribution in [2.75, 3.05) is 0 Å². The lowest BCUT2D eigenvalue weighted by molar-refractivity contribution is -0.151. The molecule has 2 spiro atoms. The predicted molar refractivity (Wildman–Crippen MR) is 172 cm³/mol. The van der Waals surface area contributed by atoms with E-state index < -0.39 is 0 Å². The summed E-state index contributed by atoms with van der Waals surface area (Å²) >= 11 is 0. The maximum absolute atomic E-state index is 13.2. The Morgan fingerprint density at radius 1 is 0.854 bits per heavy atom. The average Bonchev–Trinajstić information content (AvgIpc) is 3.51. The van der Waals surface area contributed by atoms with Gasteiger partial charge in [-0.2, -0.15) is 0 Å². The number of allylic oxidation sites excluding steroid dienone is 2. The predicted octanol–water partition coefficient (Wildman–Crippen LogP) is 11.7. The number of hydrogen-bond acceptors (Lipinski definition) is 2. The molecule has 234 valence electrons. The third-order valence-electron chi connectivity index (χ3n) is 14.6. The highest BCUT2D eigenvalue weighted by Crippen LogP contribution is 2.89. The van der Waals surface area contributed by atoms with Gasteiger partial charge in [0.15, 0.2) is 0 Å². The van der Waals surface area contributed by atoms with Gasteiger partial charge in [0.2, 0.25) is 0 Å². The monoisotopic (exact) mass is 567 g/mol. The average molecular weight is 567 g/mol. The minimum Gasteiger partial charge on any atom is -0.431 e. The van der Waals surface area contributed by atoms with Gasteiger partial charge in [0, 0.05) is 11.8 Å². The molecule has 0 heterocycles. The first-order chi connectivity index (χ1) is 19.4. The van der Waals surface area contributed by atoms with Gasteiger partial charge in [0.1, 0.15) is 5.76 Å². The molecule has 2 heteroatoms. The van der Waals surface area contributed by atoms with Crippen LogP contribution in [0.2, 0.25) is 0 Å². The highest BCUT2D eigenvalue weighted by atomic mass is 16.5. The van der Waals surface area contributed by atoms with Gasteiger partial charge in [-0.15, -0.1) is 0 Å². The fraction of sp³-hybridized carbons (Fsp3) is 0.923. The van der Waals surface area contributed by atoms with Crippen LogP contribution >= 0.6 is 0 Å². The van der Waals surface area contributed by atoms with Crippen LogP contribution in [0.5, 0.6) is 0 Å². The van der Waals surface area contributed by atoms with Crippen LogP contribution in [0.3, 0.4) is 0 Å². The third kappa shape index (κ3) is 5.10. The van der Waals surface area contributed by atoms with Crippen LogP contribution in [0.1, 0.15) is 171 Å². The molecule has 4 fully saturated rings. The highest BCUT2D eigenvalue weighted by Gasteiger charge is 2.83. The molecule has 0 bridgehead atoms. The van der Waals surface area contributed by atoms with Crippen LogP contribution in [0.15, 0.2) is 11.8 Å². The molecule has 0 amide bonds. The van der Waals surface area contributed by atoms with Gasteiger partial charge in [-0.1, -0.05) is 107 Å². The number of hydrogen-bond donors (Lipinski definition) is 0. The molecule has 0 radical (unpaired) electrons. The maximum Gasteiger partial charge on any atom is 0.310 e. The Bertz CT molecular complexity index is 976. The molecule has 0 saturated heterocycles. The number of fused-ring (bicyclic) bond motifs is 2. The molecule has 0 aromatic carbocycles. The van der Waals surface area contributed by atoms with Crippen molar-refractivity contribution >= 4 is 5.97 Å². The summed E-state index contributed by atoms with van der Waals surface area (Å²) in [5, 5.41) is 0. The summed E-state index contributed by atoms with van der Waals surface area (Å²) in [5.41, 5.74) is 1.67. The first-order valence-electron chi connectivity index (χ1n) is 18.3. The van der Waals surface area contributed by atoms with Crippen LogP contribution in [-0.4, -0.2) is 5.97 Å². The van der Waals surface area contributed by atoms with Crippen LogP contribution in [0, 0.1) is 56.7 Å². The van der Waals surface area contributed by atoms with Crippen molar-refractivity contribution in [3.8, 4) is 0 Å². The molecule has 4 saturated carbocycles. The lowest BCUT2D eigenvalue weighted by Crippen LogP contribution is -2.56. The van der Waals surface area contributed by atoms with Crippen molar-refractivity contribution < 1.29 is 9.53 Å². The lowest BCUT2D eigenvalue weighted by Gasteiger charge is -2.62. The number of esters is 1. The Labute approximate surface area is 254 Å². The van der Waals surface area contributed by atoms with E-state index in [9.17, 15) is 4.79 Å². The minimum absolute atomic E-state index is 0.0479. The quantitative estimate of drug-likeness (QED) is 0.164. The van der Waals surface area contributed by atoms with Crippen LogP contribution in [-0.2, 0) is 9.53 Å². The van der Waals surface area contributed by atoms with Gasteiger partial charge in [-0.05, 0) is 115 Å². The van der Waals surface area contributed by atoms with Gasteiger partial charge < -0.3 is 4.74 Å². The SMILES string of the molecule is CCCCCCCCC(=O)OC1=CCC(C)(C)[C@@H]2CC[C@@H]3[C@]4(CC[C@]5(C)[C@@H]([C@H](C)CCCC(C)C)CC[C@@]35C)C[C@]124. The summed E-state index contributed by atoms with van der Waals surface area (Å²) in [6, 6.07) is 0. The van der Waals surface area contributed by atoms with Crippen molar-refractivity contribution in [3.63, 3.8) is 0 Å². The molecule has 5 aliphatic carbocycles. The Morgan fingerprint density at radius 3 is 2.29 bits per heavy atom. The van der Waals surface area contributed by atoms with Gasteiger partial charge in [-0.3, -0.25) is 4.79 Å². The number of carbonyl (C=O) groups excluding carboxylic acids is 1. The summed E-state index contributed by atoms with van der Waals surface area (Å²) in [6.07, 6.45) is 25.1. The summed E-state index contributed by atoms with van der Waals surface area (Å²) in [5.74, 6) is 5.16. The third-order valence-corrected chi connectivity index (χ3v) is 14.6. The molecule has 0 aliphatic heterocycles. The second-order valence-electron chi connectivity index (χ2n) is 17.5. The number of unbranched alkanes of at least 4 members (excludes halogenated alkanes) is 5. The van der Waals surface area contributed by atoms with Gasteiger partial charge in [0.05, 0.1) is 0 Å². The summed E-state index contributed by atoms with van der Waals surface area (Å²) in [4.78, 5) is 13.2. The van der Waals surface area contributed by atoms with E-state index in [0.29, 0.717) is 34.0 Å². The summed E-state index contributed by atoms with van der Waals surface area (Å²) in [7, 11) is 0. The Hall–Kier alpha value is -0.790. The van der Waals surface area contributed by atoms with Gasteiger partial charge in [0.25, 0.3) is 0 Å². The summed E-state index contributed by atoms with van der Waals surface area (Å²) < 4.78 is 6.48. The Morgan fingerprint density at radius 2 is 1.56 bits per heavy atom. The zero-order chi connectivity index (χ0) is 29.7. The van der Waals surface area contributed by atoms with E-state index in [1.807, 2.05) is 0 Å². The van der Waals surface area contributed by atoms with Crippen molar-refractivity contribution in [2.45, 2.75) is 171 Å². The largest absolute Gasteiger partial charge is 0.431 e. The molecule has 41 heavy (non-hydrogen) atoms. The topological polar surface area (TPSA) is 26.3 Å². The van der Waals surface area contributed by atoms with Crippen molar-refractivity contribution in [1.82, 2.24) is 0 Å². The fourth-order valence-corrected chi connectivity index (χ4v) is 12.2. The molecule has 0 aromatic heterocycles. The Kier molecular flexibility index (Phi) is 8.96.